The molecule has 134 valence electrons. The van der Waals surface area contributed by atoms with Crippen LogP contribution in [0.25, 0.3) is 0 Å². The second-order valence-corrected chi connectivity index (χ2v) is 6.20. The molecule has 0 aliphatic carbocycles. The Hall–Kier alpha value is -2.41. The number of rotatable bonds is 6. The fourth-order valence-electron chi connectivity index (χ4n) is 2.61. The van der Waals surface area contributed by atoms with Gasteiger partial charge in [-0.2, -0.15) is 5.10 Å². The van der Waals surface area contributed by atoms with Crippen LogP contribution in [0.4, 0.5) is 10.1 Å². The van der Waals surface area contributed by atoms with E-state index in [1.165, 1.54) is 12.1 Å². The monoisotopic (exact) mass is 367 g/mol. The lowest BCUT2D eigenvalue weighted by Crippen LogP contribution is -2.21. The Morgan fingerprint density at radius 3 is 2.72 bits per heavy atom. The molecule has 2 N–H and O–H groups in total. The summed E-state index contributed by atoms with van der Waals surface area (Å²) in [6.07, 6.45) is 0.136. The van der Waals surface area contributed by atoms with Crippen molar-refractivity contribution < 1.29 is 18.7 Å². The molecule has 0 spiro atoms. The van der Waals surface area contributed by atoms with Crippen molar-refractivity contribution in [1.82, 2.24) is 10.2 Å². The van der Waals surface area contributed by atoms with Crippen molar-refractivity contribution in [2.45, 2.75) is 33.1 Å². The van der Waals surface area contributed by atoms with Crippen molar-refractivity contribution >= 4 is 29.2 Å². The van der Waals surface area contributed by atoms with E-state index in [0.717, 1.165) is 23.0 Å². The van der Waals surface area contributed by atoms with Crippen LogP contribution in [0.2, 0.25) is 5.02 Å². The number of halogens is 2. The van der Waals surface area contributed by atoms with Crippen molar-refractivity contribution in [3.05, 3.63) is 46.0 Å². The summed E-state index contributed by atoms with van der Waals surface area (Å²) in [5.41, 5.74) is 3.04. The molecule has 6 nitrogen and oxygen atoms in total. The molecule has 8 heteroatoms. The number of aryl methyl sites for hydroxylation is 2. The number of carbonyl (C=O) groups is 2. The lowest BCUT2D eigenvalue weighted by Gasteiger charge is -2.12. The zero-order chi connectivity index (χ0) is 18.6. The molecule has 0 aliphatic heterocycles. The third-order valence-electron chi connectivity index (χ3n) is 3.72. The fraction of sp³-hybridized carbons (Fsp3) is 0.353. The summed E-state index contributed by atoms with van der Waals surface area (Å²) in [5, 5.41) is 9.35. The average Bonchev–Trinajstić information content (AvgIpc) is 2.88. The number of anilines is 1. The summed E-state index contributed by atoms with van der Waals surface area (Å²) in [5.74, 6) is -1.67. The minimum absolute atomic E-state index is 0.0785. The molecule has 0 saturated heterocycles. The molecule has 0 bridgehead atoms. The van der Waals surface area contributed by atoms with Gasteiger partial charge in [-0.05, 0) is 43.5 Å². The Labute approximate surface area is 149 Å². The number of carbonyl (C=O) groups excluding carboxylic acids is 2. The van der Waals surface area contributed by atoms with Crippen molar-refractivity contribution in [1.29, 1.82) is 0 Å². The van der Waals surface area contributed by atoms with Gasteiger partial charge >= 0.3 is 5.97 Å². The van der Waals surface area contributed by atoms with Crippen molar-refractivity contribution in [2.24, 2.45) is 0 Å². The predicted octanol–water partition coefficient (Wildman–Crippen LogP) is 3.49. The summed E-state index contributed by atoms with van der Waals surface area (Å²) < 4.78 is 18.1. The van der Waals surface area contributed by atoms with Gasteiger partial charge in [0.15, 0.2) is 6.61 Å². The van der Waals surface area contributed by atoms with E-state index in [1.54, 1.807) is 0 Å². The molecule has 1 atom stereocenters. The van der Waals surface area contributed by atoms with E-state index < -0.39 is 24.3 Å². The summed E-state index contributed by atoms with van der Waals surface area (Å²) in [7, 11) is 0. The summed E-state index contributed by atoms with van der Waals surface area (Å²) in [6.45, 7) is 5.22. The third-order valence-corrected chi connectivity index (χ3v) is 4.01. The minimum Gasteiger partial charge on any atom is -0.456 e. The van der Waals surface area contributed by atoms with Gasteiger partial charge in [0, 0.05) is 11.4 Å². The lowest BCUT2D eigenvalue weighted by molar-refractivity contribution is -0.147. The van der Waals surface area contributed by atoms with Crippen LogP contribution in [0.15, 0.2) is 18.2 Å². The number of amides is 1. The Morgan fingerprint density at radius 1 is 1.40 bits per heavy atom. The predicted molar refractivity (Wildman–Crippen MR) is 92.1 cm³/mol. The van der Waals surface area contributed by atoms with Crippen LogP contribution in [0, 0.1) is 19.7 Å². The number of aromatic nitrogens is 2. The summed E-state index contributed by atoms with van der Waals surface area (Å²) in [4.78, 5) is 23.7. The molecule has 25 heavy (non-hydrogen) atoms. The van der Waals surface area contributed by atoms with Gasteiger partial charge < -0.3 is 10.1 Å². The molecule has 0 aliphatic rings. The van der Waals surface area contributed by atoms with Crippen LogP contribution in [0.1, 0.15) is 36.2 Å². The lowest BCUT2D eigenvalue weighted by atomic mass is 9.96. The maximum atomic E-state index is 13.1. The minimum atomic E-state index is -0.579. The number of nitrogens with one attached hydrogen (secondary N) is 2. The van der Waals surface area contributed by atoms with Gasteiger partial charge in [-0.1, -0.05) is 18.5 Å². The molecular formula is C17H19ClFN3O3. The highest BCUT2D eigenvalue weighted by Gasteiger charge is 2.19. The number of esters is 1. The number of benzene rings is 1. The number of ether oxygens (including phenoxy) is 1. The third kappa shape index (κ3) is 5.03. The van der Waals surface area contributed by atoms with Crippen LogP contribution in [-0.4, -0.2) is 28.7 Å². The normalized spacial score (nSPS) is 11.9. The highest BCUT2D eigenvalue weighted by Crippen LogP contribution is 2.24. The first kappa shape index (κ1) is 18.9. The van der Waals surface area contributed by atoms with E-state index in [4.69, 9.17) is 16.3 Å². The summed E-state index contributed by atoms with van der Waals surface area (Å²) in [6, 6.07) is 3.79. The Kier molecular flexibility index (Phi) is 6.14. The molecule has 1 aromatic heterocycles. The van der Waals surface area contributed by atoms with Gasteiger partial charge in [0.1, 0.15) is 5.82 Å². The number of nitrogens with zero attached hydrogens (tertiary/aromatic N) is 1. The maximum absolute atomic E-state index is 13.1. The Bertz CT molecular complexity index is 772. The van der Waals surface area contributed by atoms with Crippen LogP contribution >= 0.6 is 11.6 Å². The van der Waals surface area contributed by atoms with Crippen molar-refractivity contribution in [3.63, 3.8) is 0 Å². The standard InChI is InChI=1S/C17H19ClFN3O3/c1-9(17-10(2)21-22-11(17)3)6-16(24)25-8-15(23)20-12-4-5-14(19)13(18)7-12/h4-5,7,9H,6,8H2,1-3H3,(H,20,23)(H,21,22)/t9-/m1/s1. The van der Waals surface area contributed by atoms with Gasteiger partial charge in [0.05, 0.1) is 17.1 Å². The molecule has 2 rings (SSSR count). The molecule has 2 aromatic rings. The number of hydrogen-bond acceptors (Lipinski definition) is 4. The molecule has 1 heterocycles. The second-order valence-electron chi connectivity index (χ2n) is 5.79. The van der Waals surface area contributed by atoms with E-state index in [1.807, 2.05) is 20.8 Å². The second kappa shape index (κ2) is 8.11. The van der Waals surface area contributed by atoms with E-state index in [2.05, 4.69) is 15.5 Å². The molecule has 0 unspecified atom stereocenters. The van der Waals surface area contributed by atoms with Crippen LogP contribution in [-0.2, 0) is 14.3 Å². The highest BCUT2D eigenvalue weighted by atomic mass is 35.5. The SMILES string of the molecule is Cc1n[nH]c(C)c1[C@H](C)CC(=O)OCC(=O)Nc1ccc(F)c(Cl)c1. The largest absolute Gasteiger partial charge is 0.456 e. The average molecular weight is 368 g/mol. The van der Waals surface area contributed by atoms with E-state index in [9.17, 15) is 14.0 Å². The first-order chi connectivity index (χ1) is 11.8. The first-order valence-corrected chi connectivity index (χ1v) is 8.07. The number of aromatic amines is 1. The van der Waals surface area contributed by atoms with Gasteiger partial charge in [-0.3, -0.25) is 14.7 Å². The molecule has 1 aromatic carbocycles. The maximum Gasteiger partial charge on any atom is 0.306 e. The van der Waals surface area contributed by atoms with E-state index in [-0.39, 0.29) is 17.4 Å². The van der Waals surface area contributed by atoms with Crippen LogP contribution in [0.3, 0.4) is 0 Å². The van der Waals surface area contributed by atoms with Crippen molar-refractivity contribution in [3.8, 4) is 0 Å². The topological polar surface area (TPSA) is 84.1 Å². The van der Waals surface area contributed by atoms with Crippen molar-refractivity contribution in [2.75, 3.05) is 11.9 Å². The fourth-order valence-corrected chi connectivity index (χ4v) is 2.79. The zero-order valence-electron chi connectivity index (χ0n) is 14.2. The molecule has 1 amide bonds. The van der Waals surface area contributed by atoms with E-state index in [0.29, 0.717) is 5.69 Å². The molecular weight excluding hydrogens is 349 g/mol. The number of H-pyrrole nitrogens is 1. The van der Waals surface area contributed by atoms with Crippen LogP contribution in [0.5, 0.6) is 0 Å². The van der Waals surface area contributed by atoms with Gasteiger partial charge in [-0.15, -0.1) is 0 Å². The molecule has 0 saturated carbocycles. The van der Waals surface area contributed by atoms with Crippen LogP contribution < -0.4 is 5.32 Å². The molecule has 0 fully saturated rings. The highest BCUT2D eigenvalue weighted by molar-refractivity contribution is 6.31. The smallest absolute Gasteiger partial charge is 0.306 e. The zero-order valence-corrected chi connectivity index (χ0v) is 14.9. The molecule has 0 radical (unpaired) electrons. The van der Waals surface area contributed by atoms with Gasteiger partial charge in [0.2, 0.25) is 0 Å². The van der Waals surface area contributed by atoms with Gasteiger partial charge in [-0.25, -0.2) is 4.39 Å². The number of hydrogen-bond donors (Lipinski definition) is 2. The quantitative estimate of drug-likeness (QED) is 0.765. The Morgan fingerprint density at radius 2 is 2.12 bits per heavy atom. The van der Waals surface area contributed by atoms with Gasteiger partial charge in [0.25, 0.3) is 5.91 Å². The van der Waals surface area contributed by atoms with E-state index >= 15 is 0 Å². The Balaban J connectivity index is 1.83. The summed E-state index contributed by atoms with van der Waals surface area (Å²) >= 11 is 5.64. The first-order valence-electron chi connectivity index (χ1n) is 7.70.